The molecular weight excluding hydrogens is 318 g/mol. The van der Waals surface area contributed by atoms with Crippen molar-refractivity contribution in [2.75, 3.05) is 7.11 Å². The Hall–Kier alpha value is -2.42. The highest BCUT2D eigenvalue weighted by Gasteiger charge is 2.06. The summed E-state index contributed by atoms with van der Waals surface area (Å²) in [6.45, 7) is 0. The van der Waals surface area contributed by atoms with Gasteiger partial charge in [-0.25, -0.2) is 4.98 Å². The molecule has 0 bridgehead atoms. The van der Waals surface area contributed by atoms with Crippen LogP contribution in [0.3, 0.4) is 0 Å². The van der Waals surface area contributed by atoms with Gasteiger partial charge in [-0.15, -0.1) is 11.3 Å². The van der Waals surface area contributed by atoms with E-state index >= 15 is 0 Å². The van der Waals surface area contributed by atoms with Gasteiger partial charge < -0.3 is 4.74 Å². The van der Waals surface area contributed by atoms with Gasteiger partial charge in [0.1, 0.15) is 5.75 Å². The number of rotatable bonds is 2. The van der Waals surface area contributed by atoms with Crippen molar-refractivity contribution in [2.45, 2.75) is 0 Å². The van der Waals surface area contributed by atoms with Gasteiger partial charge in [0.2, 0.25) is 11.1 Å². The lowest BCUT2D eigenvalue weighted by Gasteiger charge is -2.03. The van der Waals surface area contributed by atoms with Crippen molar-refractivity contribution >= 4 is 22.9 Å². The highest BCUT2D eigenvalue weighted by Crippen LogP contribution is 2.20. The monoisotopic (exact) mass is 327 g/mol. The molecule has 0 fully saturated rings. The predicted octanol–water partition coefficient (Wildman–Crippen LogP) is 3.66. The van der Waals surface area contributed by atoms with Crippen molar-refractivity contribution in [2.24, 2.45) is 0 Å². The fraction of sp³-hybridized carbons (Fsp3) is 0.0625. The number of nitrogens with zero attached hydrogens (tertiary/aromatic N) is 3. The van der Waals surface area contributed by atoms with Crippen LogP contribution in [0, 0.1) is 11.8 Å². The number of benzene rings is 1. The summed E-state index contributed by atoms with van der Waals surface area (Å²) in [7, 11) is 1.62. The molecule has 0 saturated heterocycles. The molecule has 3 rings (SSSR count). The largest absolute Gasteiger partial charge is 0.497 e. The zero-order valence-corrected chi connectivity index (χ0v) is 13.1. The van der Waals surface area contributed by atoms with Crippen molar-refractivity contribution in [3.63, 3.8) is 0 Å². The van der Waals surface area contributed by atoms with Gasteiger partial charge in [0.15, 0.2) is 5.82 Å². The normalized spacial score (nSPS) is 9.91. The lowest BCUT2D eigenvalue weighted by molar-refractivity contribution is 0.415. The van der Waals surface area contributed by atoms with Gasteiger partial charge >= 0.3 is 0 Å². The summed E-state index contributed by atoms with van der Waals surface area (Å²) in [5.41, 5.74) is 0.823. The van der Waals surface area contributed by atoms with Crippen LogP contribution < -0.4 is 4.74 Å². The summed E-state index contributed by atoms with van der Waals surface area (Å²) < 4.78 is 5.13. The molecule has 6 heteroatoms. The van der Waals surface area contributed by atoms with E-state index in [0.29, 0.717) is 11.6 Å². The van der Waals surface area contributed by atoms with Crippen LogP contribution >= 0.6 is 22.9 Å². The van der Waals surface area contributed by atoms with Crippen molar-refractivity contribution in [3.8, 4) is 29.0 Å². The van der Waals surface area contributed by atoms with Crippen LogP contribution in [0.4, 0.5) is 0 Å². The lowest BCUT2D eigenvalue weighted by atomic mass is 10.2. The van der Waals surface area contributed by atoms with E-state index in [2.05, 4.69) is 26.8 Å². The van der Waals surface area contributed by atoms with E-state index < -0.39 is 0 Å². The number of halogens is 1. The Kier molecular flexibility index (Phi) is 4.33. The van der Waals surface area contributed by atoms with E-state index in [4.69, 9.17) is 16.3 Å². The second kappa shape index (κ2) is 6.56. The number of thiophene rings is 1. The van der Waals surface area contributed by atoms with Gasteiger partial charge in [-0.2, -0.15) is 9.97 Å². The average molecular weight is 328 g/mol. The molecule has 3 aromatic rings. The maximum atomic E-state index is 5.97. The molecule has 0 aliphatic heterocycles. The molecule has 0 aliphatic rings. The molecule has 0 amide bonds. The first kappa shape index (κ1) is 14.5. The van der Waals surface area contributed by atoms with E-state index in [1.807, 2.05) is 41.8 Å². The molecule has 0 spiro atoms. The Morgan fingerprint density at radius 2 is 1.86 bits per heavy atom. The first-order chi connectivity index (χ1) is 10.7. The van der Waals surface area contributed by atoms with E-state index in [-0.39, 0.29) is 5.28 Å². The molecule has 2 heterocycles. The molecular formula is C16H10ClN3OS. The van der Waals surface area contributed by atoms with Crippen molar-refractivity contribution in [1.29, 1.82) is 0 Å². The Bertz CT molecular complexity index is 836. The minimum Gasteiger partial charge on any atom is -0.497 e. The summed E-state index contributed by atoms with van der Waals surface area (Å²) >= 11 is 7.53. The van der Waals surface area contributed by atoms with E-state index in [0.717, 1.165) is 16.2 Å². The number of hydrogen-bond acceptors (Lipinski definition) is 5. The highest BCUT2D eigenvalue weighted by molar-refractivity contribution is 7.10. The van der Waals surface area contributed by atoms with Crippen molar-refractivity contribution < 1.29 is 4.74 Å². The fourth-order valence-electron chi connectivity index (χ4n) is 1.74. The van der Waals surface area contributed by atoms with Crippen LogP contribution in [0.15, 0.2) is 41.8 Å². The summed E-state index contributed by atoms with van der Waals surface area (Å²) in [5.74, 6) is 7.51. The van der Waals surface area contributed by atoms with Crippen LogP contribution in [-0.4, -0.2) is 22.1 Å². The standard InChI is InChI=1S/C16H10ClN3OS/c1-21-12-6-4-11(5-7-12)15-18-14(19-16(17)20-15)9-8-13-3-2-10-22-13/h2-7,10H,1H3. The second-order valence-electron chi connectivity index (χ2n) is 4.21. The number of hydrogen-bond donors (Lipinski definition) is 0. The van der Waals surface area contributed by atoms with E-state index in [1.54, 1.807) is 18.4 Å². The fourth-order valence-corrected chi connectivity index (χ4v) is 2.47. The molecule has 22 heavy (non-hydrogen) atoms. The topological polar surface area (TPSA) is 47.9 Å². The summed E-state index contributed by atoms with van der Waals surface area (Å²) in [6, 6.07) is 11.3. The minimum absolute atomic E-state index is 0.122. The third-order valence-electron chi connectivity index (χ3n) is 2.78. The van der Waals surface area contributed by atoms with Gasteiger partial charge in [-0.05, 0) is 59.2 Å². The van der Waals surface area contributed by atoms with Crippen molar-refractivity contribution in [3.05, 3.63) is 57.8 Å². The van der Waals surface area contributed by atoms with Crippen LogP contribution in [0.2, 0.25) is 5.28 Å². The third-order valence-corrected chi connectivity index (χ3v) is 3.73. The van der Waals surface area contributed by atoms with E-state index in [9.17, 15) is 0 Å². The third kappa shape index (κ3) is 3.42. The summed E-state index contributed by atoms with van der Waals surface area (Å²) in [5, 5.41) is 2.09. The van der Waals surface area contributed by atoms with Crippen LogP contribution in [0.25, 0.3) is 11.4 Å². The number of aromatic nitrogens is 3. The molecule has 0 radical (unpaired) electrons. The first-order valence-electron chi connectivity index (χ1n) is 6.36. The van der Waals surface area contributed by atoms with Crippen LogP contribution in [0.5, 0.6) is 5.75 Å². The van der Waals surface area contributed by atoms with Gasteiger partial charge in [0.05, 0.1) is 12.0 Å². The number of methoxy groups -OCH3 is 1. The number of ether oxygens (including phenoxy) is 1. The minimum atomic E-state index is 0.122. The molecule has 108 valence electrons. The maximum absolute atomic E-state index is 5.97. The highest BCUT2D eigenvalue weighted by atomic mass is 35.5. The Labute approximate surface area is 136 Å². The van der Waals surface area contributed by atoms with E-state index in [1.165, 1.54) is 0 Å². The maximum Gasteiger partial charge on any atom is 0.227 e. The quantitative estimate of drug-likeness (QED) is 0.674. The van der Waals surface area contributed by atoms with Crippen LogP contribution in [0.1, 0.15) is 10.7 Å². The van der Waals surface area contributed by atoms with Gasteiger partial charge in [-0.3, -0.25) is 0 Å². The predicted molar refractivity (Wildman–Crippen MR) is 87.1 cm³/mol. The first-order valence-corrected chi connectivity index (χ1v) is 7.62. The molecule has 1 aromatic carbocycles. The molecule has 0 aliphatic carbocycles. The SMILES string of the molecule is COc1ccc(-c2nc(Cl)nc(C#Cc3cccs3)n2)cc1. The Morgan fingerprint density at radius 1 is 1.05 bits per heavy atom. The zero-order valence-electron chi connectivity index (χ0n) is 11.6. The molecule has 4 nitrogen and oxygen atoms in total. The smallest absolute Gasteiger partial charge is 0.227 e. The Morgan fingerprint density at radius 3 is 2.55 bits per heavy atom. The molecule has 0 unspecified atom stereocenters. The average Bonchev–Trinajstić information content (AvgIpc) is 3.06. The van der Waals surface area contributed by atoms with Gasteiger partial charge in [-0.1, -0.05) is 6.07 Å². The van der Waals surface area contributed by atoms with Gasteiger partial charge in [0, 0.05) is 5.56 Å². The van der Waals surface area contributed by atoms with Crippen molar-refractivity contribution in [1.82, 2.24) is 15.0 Å². The lowest BCUT2D eigenvalue weighted by Crippen LogP contribution is -1.97. The Balaban J connectivity index is 1.95. The summed E-state index contributed by atoms with van der Waals surface area (Å²) in [4.78, 5) is 13.5. The van der Waals surface area contributed by atoms with Gasteiger partial charge in [0.25, 0.3) is 0 Å². The molecule has 0 atom stereocenters. The zero-order chi connectivity index (χ0) is 15.4. The molecule has 0 saturated carbocycles. The second-order valence-corrected chi connectivity index (χ2v) is 5.49. The summed E-state index contributed by atoms with van der Waals surface area (Å²) in [6.07, 6.45) is 0. The van der Waals surface area contributed by atoms with Crippen LogP contribution in [-0.2, 0) is 0 Å². The molecule has 2 aromatic heterocycles. The molecule has 0 N–H and O–H groups in total.